The predicted molar refractivity (Wildman–Crippen MR) is 65.7 cm³/mol. The number of anilines is 2. The highest BCUT2D eigenvalue weighted by Gasteiger charge is 2.23. The predicted octanol–water partition coefficient (Wildman–Crippen LogP) is 1.96. The topological polar surface area (TPSA) is 64.5 Å². The molecule has 1 aromatic heterocycles. The lowest BCUT2D eigenvalue weighted by Crippen LogP contribution is -2.22. The smallest absolute Gasteiger partial charge is 0.281 e. The third-order valence-electron chi connectivity index (χ3n) is 2.43. The first-order valence-electron chi connectivity index (χ1n) is 4.97. The van der Waals surface area contributed by atoms with Gasteiger partial charge in [0.15, 0.2) is 5.00 Å². The van der Waals surface area contributed by atoms with Crippen molar-refractivity contribution in [3.8, 4) is 0 Å². The molecule has 4 N–H and O–H groups in total. The number of benzene rings is 1. The van der Waals surface area contributed by atoms with Crippen LogP contribution in [0.2, 0.25) is 0 Å². The summed E-state index contributed by atoms with van der Waals surface area (Å²) in [7, 11) is 0. The lowest BCUT2D eigenvalue weighted by molar-refractivity contribution is -0.381. The number of rotatable bonds is 0. The van der Waals surface area contributed by atoms with Gasteiger partial charge in [-0.2, -0.15) is 4.98 Å². The third-order valence-corrected chi connectivity index (χ3v) is 3.35. The van der Waals surface area contributed by atoms with E-state index in [1.165, 1.54) is 0 Å². The number of aliphatic imine (C=N–C) groups is 1. The molecule has 0 unspecified atom stereocenters. The highest BCUT2D eigenvalue weighted by molar-refractivity contribution is 7.15. The van der Waals surface area contributed by atoms with Gasteiger partial charge in [0, 0.05) is 6.92 Å². The Hall–Kier alpha value is -1.88. The molecule has 4 nitrogen and oxygen atoms in total. The highest BCUT2D eigenvalue weighted by atomic mass is 32.1. The summed E-state index contributed by atoms with van der Waals surface area (Å²) >= 11 is 1.64. The fourth-order valence-electron chi connectivity index (χ4n) is 1.72. The fraction of sp³-hybridized carbons (Fsp3) is 0.0909. The summed E-state index contributed by atoms with van der Waals surface area (Å²) in [5, 5.41) is 5.47. The van der Waals surface area contributed by atoms with E-state index in [0.717, 1.165) is 27.1 Å². The van der Waals surface area contributed by atoms with Gasteiger partial charge >= 0.3 is 0 Å². The van der Waals surface area contributed by atoms with E-state index in [4.69, 9.17) is 5.73 Å². The summed E-state index contributed by atoms with van der Waals surface area (Å²) in [6.45, 7) is 2.01. The Bertz CT molecular complexity index is 585. The van der Waals surface area contributed by atoms with Gasteiger partial charge < -0.3 is 11.1 Å². The van der Waals surface area contributed by atoms with Crippen molar-refractivity contribution < 1.29 is 4.98 Å². The zero-order valence-electron chi connectivity index (χ0n) is 8.74. The standard InChI is InChI=1S/C11H10N4S/c1-6-13-9-10(12)14-7-4-2-3-5-8(7)15-11(9)16-6/h2-5,15H,1H3,(H2,12,14)/p+1. The van der Waals surface area contributed by atoms with E-state index in [1.807, 2.05) is 31.2 Å². The summed E-state index contributed by atoms with van der Waals surface area (Å²) in [6.07, 6.45) is 0. The largest absolute Gasteiger partial charge is 0.378 e. The van der Waals surface area contributed by atoms with Crippen molar-refractivity contribution in [2.45, 2.75) is 6.92 Å². The molecule has 2 aromatic rings. The molecule has 1 aromatic carbocycles. The second kappa shape index (κ2) is 3.31. The van der Waals surface area contributed by atoms with Gasteiger partial charge in [-0.3, -0.25) is 0 Å². The highest BCUT2D eigenvalue weighted by Crippen LogP contribution is 2.34. The average molecular weight is 231 g/mol. The lowest BCUT2D eigenvalue weighted by atomic mass is 10.3. The molecule has 2 heterocycles. The van der Waals surface area contributed by atoms with Crippen LogP contribution in [0.4, 0.5) is 16.4 Å². The van der Waals surface area contributed by atoms with Crippen LogP contribution in [0.15, 0.2) is 29.3 Å². The van der Waals surface area contributed by atoms with Gasteiger partial charge in [0.25, 0.3) is 5.69 Å². The van der Waals surface area contributed by atoms with Crippen LogP contribution in [0.3, 0.4) is 0 Å². The maximum Gasteiger partial charge on any atom is 0.281 e. The number of aromatic nitrogens is 1. The maximum absolute atomic E-state index is 5.96. The van der Waals surface area contributed by atoms with E-state index in [1.54, 1.807) is 11.3 Å². The summed E-state index contributed by atoms with van der Waals surface area (Å²) in [4.78, 5) is 7.62. The van der Waals surface area contributed by atoms with Crippen molar-refractivity contribution in [1.82, 2.24) is 0 Å². The summed E-state index contributed by atoms with van der Waals surface area (Å²) in [6, 6.07) is 7.87. The Kier molecular flexibility index (Phi) is 1.94. The molecule has 0 radical (unpaired) electrons. The van der Waals surface area contributed by atoms with E-state index in [0.29, 0.717) is 5.84 Å². The van der Waals surface area contributed by atoms with E-state index in [2.05, 4.69) is 15.3 Å². The SMILES string of the molecule is Cc1[nH+]c2c(s1)Nc1ccccc1N=C2N. The average Bonchev–Trinajstić information content (AvgIpc) is 2.57. The van der Waals surface area contributed by atoms with Crippen LogP contribution >= 0.6 is 11.3 Å². The number of nitrogens with two attached hydrogens (primary N) is 1. The van der Waals surface area contributed by atoms with E-state index in [-0.39, 0.29) is 0 Å². The van der Waals surface area contributed by atoms with Crippen LogP contribution in [0, 0.1) is 6.92 Å². The van der Waals surface area contributed by atoms with Crippen molar-refractivity contribution in [2.75, 3.05) is 5.32 Å². The van der Waals surface area contributed by atoms with Gasteiger partial charge in [-0.15, -0.1) is 0 Å². The van der Waals surface area contributed by atoms with Crippen molar-refractivity contribution in [1.29, 1.82) is 0 Å². The number of fused-ring (bicyclic) bond motifs is 2. The number of aryl methyl sites for hydroxylation is 1. The molecule has 0 atom stereocenters. The second-order valence-corrected chi connectivity index (χ2v) is 4.85. The number of aromatic amines is 1. The molecule has 1 aliphatic rings. The number of amidine groups is 1. The Morgan fingerprint density at radius 3 is 3.06 bits per heavy atom. The quantitative estimate of drug-likeness (QED) is 0.728. The van der Waals surface area contributed by atoms with Gasteiger partial charge in [0.1, 0.15) is 0 Å². The van der Waals surface area contributed by atoms with Crippen LogP contribution in [-0.4, -0.2) is 5.84 Å². The monoisotopic (exact) mass is 231 g/mol. The van der Waals surface area contributed by atoms with Crippen LogP contribution in [0.1, 0.15) is 10.7 Å². The lowest BCUT2D eigenvalue weighted by Gasteiger charge is -2.02. The van der Waals surface area contributed by atoms with Gasteiger partial charge in [-0.25, -0.2) is 4.99 Å². The zero-order valence-corrected chi connectivity index (χ0v) is 9.56. The van der Waals surface area contributed by atoms with Crippen molar-refractivity contribution >= 4 is 33.5 Å². The van der Waals surface area contributed by atoms with Crippen molar-refractivity contribution in [3.63, 3.8) is 0 Å². The fourth-order valence-corrected chi connectivity index (χ4v) is 2.59. The van der Waals surface area contributed by atoms with Crippen LogP contribution in [0.25, 0.3) is 0 Å². The molecule has 1 aliphatic heterocycles. The summed E-state index contributed by atoms with van der Waals surface area (Å²) in [5.74, 6) is 0.525. The van der Waals surface area contributed by atoms with Crippen LogP contribution in [0.5, 0.6) is 0 Å². The molecule has 5 heteroatoms. The number of H-pyrrole nitrogens is 1. The minimum absolute atomic E-state index is 0.525. The molecule has 0 fully saturated rings. The van der Waals surface area contributed by atoms with Crippen LogP contribution in [-0.2, 0) is 0 Å². The summed E-state index contributed by atoms with van der Waals surface area (Å²) < 4.78 is 0. The van der Waals surface area contributed by atoms with Gasteiger partial charge in [-0.1, -0.05) is 12.1 Å². The molecule has 0 saturated carbocycles. The van der Waals surface area contributed by atoms with Gasteiger partial charge in [0.2, 0.25) is 10.8 Å². The molecular weight excluding hydrogens is 220 g/mol. The number of hydrogen-bond donors (Lipinski definition) is 2. The number of hydrogen-bond acceptors (Lipinski definition) is 4. The number of nitrogens with one attached hydrogen (secondary N) is 2. The first-order chi connectivity index (χ1) is 7.74. The van der Waals surface area contributed by atoms with E-state index >= 15 is 0 Å². The molecule has 80 valence electrons. The zero-order chi connectivity index (χ0) is 11.1. The molecule has 0 saturated heterocycles. The second-order valence-electron chi connectivity index (χ2n) is 3.63. The Morgan fingerprint density at radius 2 is 2.19 bits per heavy atom. The third kappa shape index (κ3) is 1.37. The molecule has 0 bridgehead atoms. The van der Waals surface area contributed by atoms with E-state index < -0.39 is 0 Å². The molecule has 0 amide bonds. The molecular formula is C11H11N4S+. The minimum Gasteiger partial charge on any atom is -0.378 e. The Labute approximate surface area is 96.9 Å². The van der Waals surface area contributed by atoms with Crippen LogP contribution < -0.4 is 16.0 Å². The number of para-hydroxylation sites is 2. The molecule has 3 rings (SSSR count). The normalized spacial score (nSPS) is 13.2. The minimum atomic E-state index is 0.525. The first-order valence-corrected chi connectivity index (χ1v) is 5.79. The number of thiazole rings is 1. The molecule has 16 heavy (non-hydrogen) atoms. The van der Waals surface area contributed by atoms with E-state index in [9.17, 15) is 0 Å². The Balaban J connectivity index is 2.24. The van der Waals surface area contributed by atoms with Crippen molar-refractivity contribution in [3.05, 3.63) is 35.0 Å². The molecule has 0 spiro atoms. The number of nitrogens with zero attached hydrogens (tertiary/aromatic N) is 1. The summed E-state index contributed by atoms with van der Waals surface area (Å²) in [5.41, 5.74) is 8.69. The van der Waals surface area contributed by atoms with Gasteiger partial charge in [0.05, 0.1) is 11.4 Å². The first kappa shape index (κ1) is 9.35. The molecule has 0 aliphatic carbocycles. The maximum atomic E-state index is 5.96. The van der Waals surface area contributed by atoms with Gasteiger partial charge in [-0.05, 0) is 23.5 Å². The van der Waals surface area contributed by atoms with Crippen molar-refractivity contribution in [2.24, 2.45) is 10.7 Å². The Morgan fingerprint density at radius 1 is 1.38 bits per heavy atom.